The Bertz CT molecular complexity index is 1350. The Morgan fingerprint density at radius 2 is 1.94 bits per heavy atom. The number of benzene rings is 1. The number of rotatable bonds is 4. The van der Waals surface area contributed by atoms with Crippen molar-refractivity contribution in [3.63, 3.8) is 0 Å². The highest BCUT2D eigenvalue weighted by Crippen LogP contribution is 2.41. The predicted molar refractivity (Wildman–Crippen MR) is 125 cm³/mol. The molecule has 1 fully saturated rings. The Morgan fingerprint density at radius 1 is 1.19 bits per heavy atom. The fourth-order valence-corrected chi connectivity index (χ4v) is 4.01. The van der Waals surface area contributed by atoms with Crippen LogP contribution in [0.2, 0.25) is 0 Å². The molecule has 7 heteroatoms. The summed E-state index contributed by atoms with van der Waals surface area (Å²) in [5, 5.41) is 8.61. The van der Waals surface area contributed by atoms with Gasteiger partial charge in [-0.05, 0) is 64.8 Å². The molecule has 0 atom stereocenters. The SMILES string of the molecule is Cc1nn(C(C)(C)C)c2nc(C3CC3)cc(C(=O)Nc3ccc4oc(C(C)C)nc4c3)c12. The highest BCUT2D eigenvalue weighted by atomic mass is 16.3. The van der Waals surface area contributed by atoms with Gasteiger partial charge in [0.15, 0.2) is 17.1 Å². The second-order valence-corrected chi connectivity index (χ2v) is 10.1. The van der Waals surface area contributed by atoms with Gasteiger partial charge < -0.3 is 9.73 Å². The lowest BCUT2D eigenvalue weighted by molar-refractivity contribution is 0.102. The number of hydrogen-bond donors (Lipinski definition) is 1. The molecule has 166 valence electrons. The van der Waals surface area contributed by atoms with Crippen molar-refractivity contribution >= 4 is 33.7 Å². The molecule has 32 heavy (non-hydrogen) atoms. The summed E-state index contributed by atoms with van der Waals surface area (Å²) in [5.74, 6) is 1.16. The van der Waals surface area contributed by atoms with E-state index in [2.05, 4.69) is 31.1 Å². The minimum absolute atomic E-state index is 0.164. The second kappa shape index (κ2) is 7.15. The third-order valence-corrected chi connectivity index (χ3v) is 5.86. The maximum absolute atomic E-state index is 13.5. The van der Waals surface area contributed by atoms with Crippen LogP contribution in [0.1, 0.15) is 86.9 Å². The number of nitrogens with one attached hydrogen (secondary N) is 1. The van der Waals surface area contributed by atoms with Crippen molar-refractivity contribution in [1.29, 1.82) is 0 Å². The van der Waals surface area contributed by atoms with E-state index in [1.165, 1.54) is 0 Å². The quantitative estimate of drug-likeness (QED) is 0.435. The molecule has 5 rings (SSSR count). The van der Waals surface area contributed by atoms with Crippen molar-refractivity contribution in [2.75, 3.05) is 5.32 Å². The number of anilines is 1. The van der Waals surface area contributed by atoms with E-state index >= 15 is 0 Å². The van der Waals surface area contributed by atoms with Gasteiger partial charge in [-0.25, -0.2) is 14.6 Å². The van der Waals surface area contributed by atoms with E-state index in [1.807, 2.05) is 49.7 Å². The van der Waals surface area contributed by atoms with Gasteiger partial charge >= 0.3 is 0 Å². The molecule has 0 saturated heterocycles. The fraction of sp³-hybridized carbons (Fsp3) is 0.440. The van der Waals surface area contributed by atoms with Gasteiger partial charge in [-0.3, -0.25) is 4.79 Å². The number of amides is 1. The van der Waals surface area contributed by atoms with Crippen molar-refractivity contribution in [2.24, 2.45) is 0 Å². The zero-order valence-corrected chi connectivity index (χ0v) is 19.5. The molecule has 1 aliphatic rings. The van der Waals surface area contributed by atoms with Gasteiger partial charge in [0.1, 0.15) is 5.52 Å². The number of aromatic nitrogens is 4. The topological polar surface area (TPSA) is 85.8 Å². The molecule has 7 nitrogen and oxygen atoms in total. The van der Waals surface area contributed by atoms with Crippen LogP contribution < -0.4 is 5.32 Å². The molecular weight excluding hydrogens is 402 g/mol. The molecule has 0 spiro atoms. The molecule has 4 aromatic rings. The first-order chi connectivity index (χ1) is 15.1. The summed E-state index contributed by atoms with van der Waals surface area (Å²) in [6.45, 7) is 12.3. The minimum Gasteiger partial charge on any atom is -0.440 e. The monoisotopic (exact) mass is 431 g/mol. The van der Waals surface area contributed by atoms with Crippen molar-refractivity contribution in [2.45, 2.75) is 71.8 Å². The van der Waals surface area contributed by atoms with Crippen LogP contribution in [0.5, 0.6) is 0 Å². The van der Waals surface area contributed by atoms with Gasteiger partial charge in [-0.2, -0.15) is 5.10 Å². The molecule has 0 aliphatic heterocycles. The van der Waals surface area contributed by atoms with E-state index in [1.54, 1.807) is 0 Å². The Hall–Kier alpha value is -3.22. The van der Waals surface area contributed by atoms with Gasteiger partial charge in [0.25, 0.3) is 5.91 Å². The van der Waals surface area contributed by atoms with Crippen LogP contribution in [0.15, 0.2) is 28.7 Å². The smallest absolute Gasteiger partial charge is 0.256 e. The molecule has 1 amide bonds. The first kappa shape index (κ1) is 20.7. The maximum Gasteiger partial charge on any atom is 0.256 e. The average Bonchev–Trinajstić information content (AvgIpc) is 3.39. The Labute approximate surface area is 187 Å². The van der Waals surface area contributed by atoms with Crippen molar-refractivity contribution in [3.05, 3.63) is 47.1 Å². The van der Waals surface area contributed by atoms with Gasteiger partial charge in [0.05, 0.1) is 22.2 Å². The van der Waals surface area contributed by atoms with E-state index in [0.717, 1.165) is 46.4 Å². The molecule has 1 aromatic carbocycles. The molecule has 0 radical (unpaired) electrons. The van der Waals surface area contributed by atoms with Crippen molar-refractivity contribution in [1.82, 2.24) is 19.7 Å². The van der Waals surface area contributed by atoms with Crippen LogP contribution in [0, 0.1) is 6.92 Å². The highest BCUT2D eigenvalue weighted by Gasteiger charge is 2.30. The second-order valence-electron chi connectivity index (χ2n) is 10.1. The number of hydrogen-bond acceptors (Lipinski definition) is 5. The molecule has 0 bridgehead atoms. The number of carbonyl (C=O) groups excluding carboxylic acids is 1. The third-order valence-electron chi connectivity index (χ3n) is 5.86. The molecule has 1 saturated carbocycles. The minimum atomic E-state index is -0.235. The summed E-state index contributed by atoms with van der Waals surface area (Å²) >= 11 is 0. The van der Waals surface area contributed by atoms with Crippen LogP contribution in [-0.2, 0) is 5.54 Å². The first-order valence-electron chi connectivity index (χ1n) is 11.2. The molecule has 3 aromatic heterocycles. The number of oxazole rings is 1. The lowest BCUT2D eigenvalue weighted by Crippen LogP contribution is -2.23. The highest BCUT2D eigenvalue weighted by molar-refractivity contribution is 6.13. The van der Waals surface area contributed by atoms with E-state index in [4.69, 9.17) is 14.5 Å². The Morgan fingerprint density at radius 3 is 2.59 bits per heavy atom. The van der Waals surface area contributed by atoms with Crippen molar-refractivity contribution < 1.29 is 9.21 Å². The number of pyridine rings is 1. The number of carbonyl (C=O) groups is 1. The van der Waals surface area contributed by atoms with Gasteiger partial charge in [0, 0.05) is 23.2 Å². The third kappa shape index (κ3) is 3.55. The normalized spacial score (nSPS) is 14.6. The van der Waals surface area contributed by atoms with E-state index < -0.39 is 0 Å². The van der Waals surface area contributed by atoms with Crippen LogP contribution in [0.25, 0.3) is 22.1 Å². The average molecular weight is 432 g/mol. The zero-order valence-electron chi connectivity index (χ0n) is 19.5. The van der Waals surface area contributed by atoms with Gasteiger partial charge in [-0.15, -0.1) is 0 Å². The molecule has 0 unspecified atom stereocenters. The summed E-state index contributed by atoms with van der Waals surface area (Å²) in [5.41, 5.74) is 5.08. The lowest BCUT2D eigenvalue weighted by Gasteiger charge is -2.20. The number of aryl methyl sites for hydroxylation is 1. The van der Waals surface area contributed by atoms with Crippen LogP contribution in [0.3, 0.4) is 0 Å². The molecule has 1 aliphatic carbocycles. The van der Waals surface area contributed by atoms with Crippen LogP contribution >= 0.6 is 0 Å². The van der Waals surface area contributed by atoms with Gasteiger partial charge in [-0.1, -0.05) is 13.8 Å². The van der Waals surface area contributed by atoms with Crippen LogP contribution in [0.4, 0.5) is 5.69 Å². The standard InChI is InChI=1S/C25H29N5O2/c1-13(2)24-28-19-11-16(9-10-20(19)32-24)26-23(31)17-12-18(15-7-8-15)27-22-21(17)14(3)29-30(22)25(4,5)6/h9-13,15H,7-8H2,1-6H3,(H,26,31). The number of fused-ring (bicyclic) bond motifs is 2. The van der Waals surface area contributed by atoms with E-state index in [-0.39, 0.29) is 17.4 Å². The Kier molecular flexibility index (Phi) is 4.62. The summed E-state index contributed by atoms with van der Waals surface area (Å²) < 4.78 is 7.73. The largest absolute Gasteiger partial charge is 0.440 e. The van der Waals surface area contributed by atoms with Gasteiger partial charge in [0.2, 0.25) is 0 Å². The molecule has 1 N–H and O–H groups in total. The molecular formula is C25H29N5O2. The predicted octanol–water partition coefficient (Wildman–Crippen LogP) is 5.89. The summed E-state index contributed by atoms with van der Waals surface area (Å²) in [4.78, 5) is 22.9. The maximum atomic E-state index is 13.5. The summed E-state index contributed by atoms with van der Waals surface area (Å²) in [6, 6.07) is 7.50. The van der Waals surface area contributed by atoms with E-state index in [0.29, 0.717) is 23.1 Å². The van der Waals surface area contributed by atoms with Crippen LogP contribution in [-0.4, -0.2) is 25.7 Å². The lowest BCUT2D eigenvalue weighted by atomic mass is 10.1. The van der Waals surface area contributed by atoms with E-state index in [9.17, 15) is 4.79 Å². The zero-order chi connectivity index (χ0) is 22.8. The first-order valence-corrected chi connectivity index (χ1v) is 11.2. The summed E-state index contributed by atoms with van der Waals surface area (Å²) in [7, 11) is 0. The van der Waals surface area contributed by atoms with Crippen molar-refractivity contribution in [3.8, 4) is 0 Å². The molecule has 3 heterocycles. The number of nitrogens with zero attached hydrogens (tertiary/aromatic N) is 4. The summed E-state index contributed by atoms with van der Waals surface area (Å²) in [6.07, 6.45) is 2.23. The Balaban J connectivity index is 1.57. The fourth-order valence-electron chi connectivity index (χ4n) is 4.01.